The number of benzene rings is 2. The number of ether oxygens (including phenoxy) is 1. The van der Waals surface area contributed by atoms with Gasteiger partial charge in [0.25, 0.3) is 5.91 Å². The maximum absolute atomic E-state index is 13.3. The van der Waals surface area contributed by atoms with Crippen LogP contribution in [0, 0.1) is 0 Å². The molecule has 1 fully saturated rings. The second-order valence-electron chi connectivity index (χ2n) is 9.25. The molecule has 37 heavy (non-hydrogen) atoms. The average molecular weight is 528 g/mol. The molecule has 0 spiro atoms. The monoisotopic (exact) mass is 528 g/mol. The Hall–Kier alpha value is -3.12. The van der Waals surface area contributed by atoms with Gasteiger partial charge in [0.15, 0.2) is 5.96 Å². The Morgan fingerprint density at radius 2 is 1.73 bits per heavy atom. The summed E-state index contributed by atoms with van der Waals surface area (Å²) < 4.78 is 85.8. The Balaban J connectivity index is 1.56. The number of halogens is 6. The van der Waals surface area contributed by atoms with Crippen LogP contribution in [0.15, 0.2) is 53.5 Å². The van der Waals surface area contributed by atoms with E-state index in [1.54, 1.807) is 0 Å². The first kappa shape index (κ1) is 26.9. The van der Waals surface area contributed by atoms with Crippen LogP contribution < -0.4 is 11.1 Å². The van der Waals surface area contributed by atoms with Gasteiger partial charge in [-0.15, -0.1) is 0 Å². The van der Waals surface area contributed by atoms with Gasteiger partial charge < -0.3 is 15.8 Å². The van der Waals surface area contributed by atoms with Crippen LogP contribution in [0.4, 0.5) is 26.3 Å². The lowest BCUT2D eigenvalue weighted by Crippen LogP contribution is -2.59. The summed E-state index contributed by atoms with van der Waals surface area (Å²) in [5, 5.41) is 3.41. The third-order valence-electron chi connectivity index (χ3n) is 6.82. The van der Waals surface area contributed by atoms with Crippen LogP contribution in [0.3, 0.4) is 0 Å². The Morgan fingerprint density at radius 1 is 1.11 bits per heavy atom. The second kappa shape index (κ2) is 9.97. The molecule has 2 heterocycles. The third-order valence-corrected chi connectivity index (χ3v) is 6.82. The number of carbonyl (C=O) groups is 1. The van der Waals surface area contributed by atoms with Crippen LogP contribution in [0.25, 0.3) is 0 Å². The molecule has 0 bridgehead atoms. The summed E-state index contributed by atoms with van der Waals surface area (Å²) in [6.45, 7) is 1.72. The van der Waals surface area contributed by atoms with E-state index in [-0.39, 0.29) is 42.7 Å². The number of alkyl halides is 6. The van der Waals surface area contributed by atoms with Crippen molar-refractivity contribution in [3.63, 3.8) is 0 Å². The molecule has 2 aliphatic heterocycles. The van der Waals surface area contributed by atoms with Crippen molar-refractivity contribution in [1.29, 1.82) is 0 Å². The van der Waals surface area contributed by atoms with Gasteiger partial charge in [0.2, 0.25) is 0 Å². The van der Waals surface area contributed by atoms with Gasteiger partial charge in [-0.25, -0.2) is 4.99 Å². The minimum Gasteiger partial charge on any atom is -0.372 e. The normalized spacial score (nSPS) is 23.8. The standard InChI is InChI=1S/C25H26F6N4O2/c1-15(16-9-18(24(26,27)28)11-19(10-16)25(29,30)31)37-14-23(17-5-3-2-4-6-17)8-7-20(12-34-23)35-21(36)13-33-22(35)32/h2-6,9-11,15,20,34H,7-8,12-14H2,1H3,(H2,32,33)/t15-,20-,23-/m1/s1. The highest BCUT2D eigenvalue weighted by Crippen LogP contribution is 2.39. The predicted molar refractivity (Wildman–Crippen MR) is 123 cm³/mol. The Labute approximate surface area is 209 Å². The Morgan fingerprint density at radius 3 is 2.22 bits per heavy atom. The van der Waals surface area contributed by atoms with Crippen molar-refractivity contribution in [2.45, 2.75) is 49.8 Å². The molecule has 4 rings (SSSR count). The summed E-state index contributed by atoms with van der Waals surface area (Å²) in [5.74, 6) is -0.0507. The van der Waals surface area contributed by atoms with Crippen molar-refractivity contribution in [2.24, 2.45) is 10.7 Å². The topological polar surface area (TPSA) is 80.0 Å². The number of rotatable bonds is 6. The molecular weight excluding hydrogens is 502 g/mol. The predicted octanol–water partition coefficient (Wildman–Crippen LogP) is 4.61. The fourth-order valence-electron chi connectivity index (χ4n) is 4.74. The zero-order valence-corrected chi connectivity index (χ0v) is 19.9. The first-order valence-electron chi connectivity index (χ1n) is 11.6. The maximum Gasteiger partial charge on any atom is 0.416 e. The number of piperidine rings is 1. The van der Waals surface area contributed by atoms with Crippen LogP contribution in [-0.2, 0) is 27.4 Å². The number of hydrogen-bond acceptors (Lipinski definition) is 5. The molecule has 0 aromatic heterocycles. The number of hydrogen-bond donors (Lipinski definition) is 2. The van der Waals surface area contributed by atoms with E-state index < -0.39 is 35.1 Å². The fraction of sp³-hybridized carbons (Fsp3) is 0.440. The van der Waals surface area contributed by atoms with E-state index in [1.807, 2.05) is 30.3 Å². The van der Waals surface area contributed by atoms with E-state index in [1.165, 1.54) is 11.8 Å². The van der Waals surface area contributed by atoms with Gasteiger partial charge >= 0.3 is 12.4 Å². The number of nitrogens with one attached hydrogen (secondary N) is 1. The largest absolute Gasteiger partial charge is 0.416 e. The van der Waals surface area contributed by atoms with E-state index in [4.69, 9.17) is 10.5 Å². The van der Waals surface area contributed by atoms with Gasteiger partial charge in [0, 0.05) is 6.54 Å². The SMILES string of the molecule is C[C@@H](OC[C@@]1(c2ccccc2)CC[C@@H](N2C(=O)CN=C2N)CN1)c1cc(C(F)(F)F)cc(C(F)(F)F)c1. The molecule has 1 amide bonds. The molecule has 3 atom stereocenters. The molecule has 12 heteroatoms. The lowest BCUT2D eigenvalue weighted by molar-refractivity contribution is -0.143. The average Bonchev–Trinajstić information content (AvgIpc) is 3.19. The van der Waals surface area contributed by atoms with Crippen LogP contribution in [0.5, 0.6) is 0 Å². The number of carbonyl (C=O) groups excluding carboxylic acids is 1. The zero-order valence-electron chi connectivity index (χ0n) is 19.9. The van der Waals surface area contributed by atoms with Crippen molar-refractivity contribution < 1.29 is 35.9 Å². The number of nitrogens with zero attached hydrogens (tertiary/aromatic N) is 2. The molecule has 200 valence electrons. The molecule has 0 saturated carbocycles. The highest BCUT2D eigenvalue weighted by molar-refractivity contribution is 6.02. The number of nitrogens with two attached hydrogens (primary N) is 1. The number of guanidine groups is 1. The quantitative estimate of drug-likeness (QED) is 0.537. The van der Waals surface area contributed by atoms with Gasteiger partial charge in [0.05, 0.1) is 35.4 Å². The summed E-state index contributed by atoms with van der Waals surface area (Å²) in [5.41, 5.74) is 2.92. The van der Waals surface area contributed by atoms with Crippen LogP contribution >= 0.6 is 0 Å². The van der Waals surface area contributed by atoms with Gasteiger partial charge in [-0.05, 0) is 49.1 Å². The third kappa shape index (κ3) is 5.74. The minimum absolute atomic E-state index is 0.0102. The van der Waals surface area contributed by atoms with Crippen molar-refractivity contribution in [3.05, 3.63) is 70.8 Å². The fourth-order valence-corrected chi connectivity index (χ4v) is 4.74. The number of amides is 1. The highest BCUT2D eigenvalue weighted by Gasteiger charge is 2.42. The molecule has 0 radical (unpaired) electrons. The zero-order chi connectivity index (χ0) is 27.0. The van der Waals surface area contributed by atoms with Crippen LogP contribution in [0.1, 0.15) is 48.1 Å². The summed E-state index contributed by atoms with van der Waals surface area (Å²) in [6, 6.07) is 10.4. The molecule has 3 N–H and O–H groups in total. The molecule has 2 aliphatic rings. The van der Waals surface area contributed by atoms with E-state index in [0.717, 1.165) is 5.56 Å². The van der Waals surface area contributed by atoms with E-state index in [0.29, 0.717) is 31.5 Å². The van der Waals surface area contributed by atoms with Crippen molar-refractivity contribution >= 4 is 11.9 Å². The van der Waals surface area contributed by atoms with Crippen molar-refractivity contribution in [2.75, 3.05) is 19.7 Å². The van der Waals surface area contributed by atoms with E-state index in [2.05, 4.69) is 10.3 Å². The van der Waals surface area contributed by atoms with Gasteiger partial charge in [-0.3, -0.25) is 9.69 Å². The lowest BCUT2D eigenvalue weighted by atomic mass is 9.81. The molecule has 1 saturated heterocycles. The summed E-state index contributed by atoms with van der Waals surface area (Å²) in [6.07, 6.45) is -9.95. The Bertz CT molecular complexity index is 1130. The highest BCUT2D eigenvalue weighted by atomic mass is 19.4. The van der Waals surface area contributed by atoms with Gasteiger partial charge in [0.1, 0.15) is 6.54 Å². The number of aliphatic imine (C=N–C) groups is 1. The first-order valence-corrected chi connectivity index (χ1v) is 11.6. The molecule has 0 aliphatic carbocycles. The lowest BCUT2D eigenvalue weighted by Gasteiger charge is -2.44. The molecule has 2 aromatic carbocycles. The summed E-state index contributed by atoms with van der Waals surface area (Å²) in [7, 11) is 0. The van der Waals surface area contributed by atoms with Gasteiger partial charge in [-0.2, -0.15) is 26.3 Å². The van der Waals surface area contributed by atoms with Crippen LogP contribution in [-0.4, -0.2) is 42.5 Å². The minimum atomic E-state index is -4.95. The summed E-state index contributed by atoms with van der Waals surface area (Å²) >= 11 is 0. The Kier molecular flexibility index (Phi) is 7.26. The van der Waals surface area contributed by atoms with Crippen molar-refractivity contribution in [1.82, 2.24) is 10.2 Å². The summed E-state index contributed by atoms with van der Waals surface area (Å²) in [4.78, 5) is 17.6. The van der Waals surface area contributed by atoms with Crippen molar-refractivity contribution in [3.8, 4) is 0 Å². The first-order chi connectivity index (χ1) is 17.3. The van der Waals surface area contributed by atoms with Gasteiger partial charge in [-0.1, -0.05) is 30.3 Å². The smallest absolute Gasteiger partial charge is 0.372 e. The maximum atomic E-state index is 13.3. The molecule has 6 nitrogen and oxygen atoms in total. The van der Waals surface area contributed by atoms with E-state index in [9.17, 15) is 31.1 Å². The molecule has 0 unspecified atom stereocenters. The molecule has 2 aromatic rings. The van der Waals surface area contributed by atoms with E-state index >= 15 is 0 Å². The molecular formula is C25H26F6N4O2. The van der Waals surface area contributed by atoms with Crippen LogP contribution in [0.2, 0.25) is 0 Å². The second-order valence-corrected chi connectivity index (χ2v) is 9.25.